The third kappa shape index (κ3) is 5.32. The Bertz CT molecular complexity index is 996. The van der Waals surface area contributed by atoms with Gasteiger partial charge in [0, 0.05) is 23.2 Å². The predicted molar refractivity (Wildman–Crippen MR) is 109 cm³/mol. The molecule has 142 valence electrons. The van der Waals surface area contributed by atoms with Gasteiger partial charge in [-0.2, -0.15) is 4.99 Å². The van der Waals surface area contributed by atoms with Crippen molar-refractivity contribution in [3.63, 3.8) is 0 Å². The van der Waals surface area contributed by atoms with Crippen molar-refractivity contribution < 1.29 is 14.3 Å². The van der Waals surface area contributed by atoms with Gasteiger partial charge >= 0.3 is 0 Å². The maximum absolute atomic E-state index is 12.3. The van der Waals surface area contributed by atoms with Gasteiger partial charge in [-0.05, 0) is 49.4 Å². The lowest BCUT2D eigenvalue weighted by atomic mass is 10.3. The number of carbonyl (C=O) groups excluding carboxylic acids is 1. The molecule has 27 heavy (non-hydrogen) atoms. The standard InChI is InChI=1S/C19H18Cl2N2O3S/c1-2-25-10-9-23-16-8-5-14(21)11-17(16)27-19(23)22-18(24)12-26-15-6-3-13(20)4-7-15/h3-8,11H,2,9-10,12H2,1H3. The van der Waals surface area contributed by atoms with Crippen molar-refractivity contribution >= 4 is 50.7 Å². The van der Waals surface area contributed by atoms with Gasteiger partial charge in [-0.25, -0.2) is 0 Å². The van der Waals surface area contributed by atoms with E-state index in [2.05, 4.69) is 4.99 Å². The van der Waals surface area contributed by atoms with Crippen molar-refractivity contribution in [3.05, 3.63) is 57.3 Å². The number of benzene rings is 2. The summed E-state index contributed by atoms with van der Waals surface area (Å²) in [6, 6.07) is 12.4. The van der Waals surface area contributed by atoms with Crippen LogP contribution >= 0.6 is 34.5 Å². The highest BCUT2D eigenvalue weighted by atomic mass is 35.5. The summed E-state index contributed by atoms with van der Waals surface area (Å²) in [5.74, 6) is 0.197. The molecule has 0 radical (unpaired) electrons. The Balaban J connectivity index is 1.83. The minimum Gasteiger partial charge on any atom is -0.484 e. The van der Waals surface area contributed by atoms with Crippen molar-refractivity contribution in [2.24, 2.45) is 4.99 Å². The molecule has 0 saturated carbocycles. The highest BCUT2D eigenvalue weighted by molar-refractivity contribution is 7.16. The molecule has 0 aliphatic carbocycles. The molecule has 0 aliphatic heterocycles. The summed E-state index contributed by atoms with van der Waals surface area (Å²) in [7, 11) is 0. The number of rotatable bonds is 7. The molecule has 2 aromatic carbocycles. The fourth-order valence-electron chi connectivity index (χ4n) is 2.46. The largest absolute Gasteiger partial charge is 0.484 e. The SMILES string of the molecule is CCOCCn1c(=NC(=O)COc2ccc(Cl)cc2)sc2cc(Cl)ccc21. The van der Waals surface area contributed by atoms with Crippen LogP contribution in [0.2, 0.25) is 10.0 Å². The number of ether oxygens (including phenoxy) is 2. The number of nitrogens with zero attached hydrogens (tertiary/aromatic N) is 2. The Morgan fingerprint density at radius 1 is 1.15 bits per heavy atom. The number of thiazole rings is 1. The second-order valence-corrected chi connectivity index (χ2v) is 7.48. The Kier molecular flexibility index (Phi) is 6.90. The van der Waals surface area contributed by atoms with E-state index in [0.717, 1.165) is 10.2 Å². The molecule has 0 atom stereocenters. The molecule has 0 unspecified atom stereocenters. The van der Waals surface area contributed by atoms with E-state index in [9.17, 15) is 4.79 Å². The summed E-state index contributed by atoms with van der Waals surface area (Å²) >= 11 is 13.3. The quantitative estimate of drug-likeness (QED) is 0.522. The minimum absolute atomic E-state index is 0.151. The van der Waals surface area contributed by atoms with Crippen LogP contribution in [-0.2, 0) is 16.1 Å². The highest BCUT2D eigenvalue weighted by Crippen LogP contribution is 2.22. The summed E-state index contributed by atoms with van der Waals surface area (Å²) in [5.41, 5.74) is 0.967. The average molecular weight is 425 g/mol. The third-order valence-corrected chi connectivity index (χ3v) is 5.23. The molecule has 0 spiro atoms. The van der Waals surface area contributed by atoms with Crippen molar-refractivity contribution in [1.29, 1.82) is 0 Å². The van der Waals surface area contributed by atoms with Gasteiger partial charge in [0.2, 0.25) is 0 Å². The van der Waals surface area contributed by atoms with Crippen LogP contribution in [0.1, 0.15) is 6.92 Å². The lowest BCUT2D eigenvalue weighted by molar-refractivity contribution is -0.120. The summed E-state index contributed by atoms with van der Waals surface area (Å²) < 4.78 is 13.9. The van der Waals surface area contributed by atoms with Crippen molar-refractivity contribution in [3.8, 4) is 5.75 Å². The Morgan fingerprint density at radius 2 is 1.89 bits per heavy atom. The second-order valence-electron chi connectivity index (χ2n) is 5.59. The molecule has 1 aromatic heterocycles. The molecule has 0 saturated heterocycles. The monoisotopic (exact) mass is 424 g/mol. The topological polar surface area (TPSA) is 52.8 Å². The van der Waals surface area contributed by atoms with Gasteiger partial charge in [0.05, 0.1) is 16.8 Å². The number of amides is 1. The maximum Gasteiger partial charge on any atom is 0.286 e. The number of halogens is 2. The summed E-state index contributed by atoms with van der Waals surface area (Å²) in [6.45, 7) is 3.56. The first-order valence-corrected chi connectivity index (χ1v) is 9.96. The molecule has 8 heteroatoms. The van der Waals surface area contributed by atoms with E-state index in [1.54, 1.807) is 24.3 Å². The first-order chi connectivity index (χ1) is 13.1. The van der Waals surface area contributed by atoms with Crippen LogP contribution in [0, 0.1) is 0 Å². The Hall–Kier alpha value is -1.86. The van der Waals surface area contributed by atoms with Crippen LogP contribution in [0.4, 0.5) is 0 Å². The van der Waals surface area contributed by atoms with Gasteiger partial charge in [-0.15, -0.1) is 0 Å². The second kappa shape index (κ2) is 9.37. The first kappa shape index (κ1) is 19.9. The van der Waals surface area contributed by atoms with Crippen molar-refractivity contribution in [2.45, 2.75) is 13.5 Å². The molecule has 0 N–H and O–H groups in total. The zero-order valence-corrected chi connectivity index (χ0v) is 17.0. The maximum atomic E-state index is 12.3. The van der Waals surface area contributed by atoms with Crippen molar-refractivity contribution in [1.82, 2.24) is 4.57 Å². The fourth-order valence-corrected chi connectivity index (χ4v) is 3.94. The van der Waals surface area contributed by atoms with Crippen molar-refractivity contribution in [2.75, 3.05) is 19.8 Å². The molecule has 5 nitrogen and oxygen atoms in total. The molecular weight excluding hydrogens is 407 g/mol. The van der Waals surface area contributed by atoms with E-state index in [-0.39, 0.29) is 12.5 Å². The Morgan fingerprint density at radius 3 is 2.63 bits per heavy atom. The van der Waals surface area contributed by atoms with Crippen LogP contribution in [0.5, 0.6) is 5.75 Å². The molecule has 0 bridgehead atoms. The summed E-state index contributed by atoms with van der Waals surface area (Å²) in [6.07, 6.45) is 0. The van der Waals surface area contributed by atoms with Crippen LogP contribution in [0.3, 0.4) is 0 Å². The number of fused-ring (bicyclic) bond motifs is 1. The first-order valence-electron chi connectivity index (χ1n) is 8.39. The fraction of sp³-hybridized carbons (Fsp3) is 0.263. The van der Waals surface area contributed by atoms with E-state index in [1.165, 1.54) is 11.3 Å². The van der Waals surface area contributed by atoms with Gasteiger partial charge in [0.25, 0.3) is 5.91 Å². The zero-order valence-electron chi connectivity index (χ0n) is 14.7. The van der Waals surface area contributed by atoms with Crippen LogP contribution in [-0.4, -0.2) is 30.3 Å². The van der Waals surface area contributed by atoms with E-state index < -0.39 is 0 Å². The van der Waals surface area contributed by atoms with Gasteiger partial charge in [-0.1, -0.05) is 34.5 Å². The van der Waals surface area contributed by atoms with E-state index in [1.807, 2.05) is 29.7 Å². The predicted octanol–water partition coefficient (Wildman–Crippen LogP) is 4.55. The molecular formula is C19H18Cl2N2O3S. The lowest BCUT2D eigenvalue weighted by Crippen LogP contribution is -2.21. The van der Waals surface area contributed by atoms with E-state index in [4.69, 9.17) is 32.7 Å². The van der Waals surface area contributed by atoms with E-state index in [0.29, 0.717) is 40.4 Å². The smallest absolute Gasteiger partial charge is 0.286 e. The van der Waals surface area contributed by atoms with Gasteiger partial charge in [0.15, 0.2) is 11.4 Å². The molecule has 1 amide bonds. The number of hydrogen-bond acceptors (Lipinski definition) is 4. The van der Waals surface area contributed by atoms with E-state index >= 15 is 0 Å². The highest BCUT2D eigenvalue weighted by Gasteiger charge is 2.09. The van der Waals surface area contributed by atoms with Crippen LogP contribution in [0.25, 0.3) is 10.2 Å². The molecule has 1 heterocycles. The minimum atomic E-state index is -0.368. The number of aromatic nitrogens is 1. The number of hydrogen-bond donors (Lipinski definition) is 0. The van der Waals surface area contributed by atoms with Gasteiger partial charge in [-0.3, -0.25) is 4.79 Å². The zero-order chi connectivity index (χ0) is 19.2. The average Bonchev–Trinajstić information content (AvgIpc) is 2.97. The summed E-state index contributed by atoms with van der Waals surface area (Å²) in [5, 5.41) is 1.25. The molecule has 0 aliphatic rings. The molecule has 3 aromatic rings. The third-order valence-electron chi connectivity index (χ3n) is 3.70. The molecule has 0 fully saturated rings. The van der Waals surface area contributed by atoms with Crippen LogP contribution in [0.15, 0.2) is 47.5 Å². The molecule has 3 rings (SSSR count). The normalized spacial score (nSPS) is 11.9. The number of carbonyl (C=O) groups is 1. The van der Waals surface area contributed by atoms with Gasteiger partial charge in [0.1, 0.15) is 5.75 Å². The Labute approximate surface area is 170 Å². The van der Waals surface area contributed by atoms with Crippen LogP contribution < -0.4 is 9.54 Å². The summed E-state index contributed by atoms with van der Waals surface area (Å²) in [4.78, 5) is 17.1. The van der Waals surface area contributed by atoms with Gasteiger partial charge < -0.3 is 14.0 Å². The lowest BCUT2D eigenvalue weighted by Gasteiger charge is -2.06.